The van der Waals surface area contributed by atoms with E-state index in [4.69, 9.17) is 5.73 Å². The molecule has 0 radical (unpaired) electrons. The lowest BCUT2D eigenvalue weighted by molar-refractivity contribution is -0.384. The van der Waals surface area contributed by atoms with Crippen LogP contribution < -0.4 is 11.1 Å². The van der Waals surface area contributed by atoms with Gasteiger partial charge in [-0.05, 0) is 18.6 Å². The molecule has 8 heteroatoms. The van der Waals surface area contributed by atoms with Gasteiger partial charge in [-0.2, -0.15) is 5.10 Å². The molecule has 0 bridgehead atoms. The summed E-state index contributed by atoms with van der Waals surface area (Å²) in [4.78, 5) is 22.3. The first-order valence-corrected chi connectivity index (χ1v) is 6.19. The maximum Gasteiger partial charge on any atom is 0.270 e. The summed E-state index contributed by atoms with van der Waals surface area (Å²) < 4.78 is 1.50. The number of nitrogens with two attached hydrogens (primary N) is 1. The van der Waals surface area contributed by atoms with Crippen LogP contribution in [0.4, 0.5) is 11.5 Å². The first kappa shape index (κ1) is 14.5. The lowest BCUT2D eigenvalue weighted by atomic mass is 10.1. The Kier molecular flexibility index (Phi) is 3.88. The van der Waals surface area contributed by atoms with Crippen LogP contribution in [-0.4, -0.2) is 20.6 Å². The molecule has 2 rings (SSSR count). The number of aromatic nitrogens is 2. The number of aryl methyl sites for hydroxylation is 2. The SMILES string of the molecule is Cc1cc(C(=O)NCc2cnn(C)c2N)cc([N+](=O)[O-])c1. The molecular weight excluding hydrogens is 274 g/mol. The monoisotopic (exact) mass is 289 g/mol. The van der Waals surface area contributed by atoms with Gasteiger partial charge in [0.2, 0.25) is 0 Å². The summed E-state index contributed by atoms with van der Waals surface area (Å²) in [6.45, 7) is 1.91. The van der Waals surface area contributed by atoms with Crippen molar-refractivity contribution in [2.24, 2.45) is 7.05 Å². The van der Waals surface area contributed by atoms with Gasteiger partial charge in [-0.25, -0.2) is 0 Å². The van der Waals surface area contributed by atoms with Crippen molar-refractivity contribution < 1.29 is 9.72 Å². The first-order valence-electron chi connectivity index (χ1n) is 6.19. The summed E-state index contributed by atoms with van der Waals surface area (Å²) in [5.41, 5.74) is 7.24. The molecule has 0 aliphatic heterocycles. The van der Waals surface area contributed by atoms with Crippen LogP contribution in [0.1, 0.15) is 21.5 Å². The number of hydrogen-bond donors (Lipinski definition) is 2. The Morgan fingerprint density at radius 1 is 1.48 bits per heavy atom. The number of carbonyl (C=O) groups is 1. The molecule has 3 N–H and O–H groups in total. The standard InChI is InChI=1S/C13H15N5O3/c1-8-3-9(5-11(4-8)18(20)21)13(19)15-6-10-7-16-17(2)12(10)14/h3-5,7H,6,14H2,1-2H3,(H,15,19). The van der Waals surface area contributed by atoms with Crippen LogP contribution in [0, 0.1) is 17.0 Å². The van der Waals surface area contributed by atoms with Crippen molar-refractivity contribution >= 4 is 17.4 Å². The summed E-state index contributed by atoms with van der Waals surface area (Å²) in [7, 11) is 1.70. The number of non-ortho nitro benzene ring substituents is 1. The van der Waals surface area contributed by atoms with Gasteiger partial charge < -0.3 is 11.1 Å². The van der Waals surface area contributed by atoms with E-state index in [9.17, 15) is 14.9 Å². The second-order valence-electron chi connectivity index (χ2n) is 4.68. The fourth-order valence-electron chi connectivity index (χ4n) is 1.91. The number of rotatable bonds is 4. The molecule has 1 heterocycles. The summed E-state index contributed by atoms with van der Waals surface area (Å²) in [6, 6.07) is 4.25. The number of benzene rings is 1. The van der Waals surface area contributed by atoms with Crippen LogP contribution in [0.25, 0.3) is 0 Å². The molecule has 0 saturated carbocycles. The van der Waals surface area contributed by atoms with Crippen molar-refractivity contribution in [1.29, 1.82) is 0 Å². The maximum absolute atomic E-state index is 12.1. The molecular formula is C13H15N5O3. The molecule has 8 nitrogen and oxygen atoms in total. The smallest absolute Gasteiger partial charge is 0.270 e. The molecule has 0 atom stereocenters. The van der Waals surface area contributed by atoms with Crippen LogP contribution in [-0.2, 0) is 13.6 Å². The normalized spacial score (nSPS) is 10.4. The maximum atomic E-state index is 12.1. The van der Waals surface area contributed by atoms with Crippen molar-refractivity contribution in [3.63, 3.8) is 0 Å². The molecule has 1 amide bonds. The fraction of sp³-hybridized carbons (Fsp3) is 0.231. The van der Waals surface area contributed by atoms with Gasteiger partial charge in [0, 0.05) is 36.9 Å². The second kappa shape index (κ2) is 5.61. The summed E-state index contributed by atoms with van der Waals surface area (Å²) in [6.07, 6.45) is 1.56. The van der Waals surface area contributed by atoms with Crippen LogP contribution in [0.5, 0.6) is 0 Å². The van der Waals surface area contributed by atoms with E-state index < -0.39 is 10.8 Å². The Bertz CT molecular complexity index is 708. The van der Waals surface area contributed by atoms with Crippen molar-refractivity contribution in [3.8, 4) is 0 Å². The van der Waals surface area contributed by atoms with E-state index in [0.717, 1.165) is 0 Å². The van der Waals surface area contributed by atoms with Crippen LogP contribution in [0.2, 0.25) is 0 Å². The van der Waals surface area contributed by atoms with Gasteiger partial charge in [0.05, 0.1) is 11.1 Å². The average Bonchev–Trinajstić information content (AvgIpc) is 2.75. The van der Waals surface area contributed by atoms with Crippen LogP contribution >= 0.6 is 0 Å². The Balaban J connectivity index is 2.13. The minimum absolute atomic E-state index is 0.110. The van der Waals surface area contributed by atoms with E-state index in [2.05, 4.69) is 10.4 Å². The summed E-state index contributed by atoms with van der Waals surface area (Å²) in [5, 5.41) is 17.4. The third-order valence-electron chi connectivity index (χ3n) is 3.04. The van der Waals surface area contributed by atoms with E-state index in [1.807, 2.05) is 0 Å². The Labute approximate surface area is 120 Å². The van der Waals surface area contributed by atoms with Crippen molar-refractivity contribution in [1.82, 2.24) is 15.1 Å². The molecule has 0 aliphatic rings. The average molecular weight is 289 g/mol. The van der Waals surface area contributed by atoms with Gasteiger partial charge in [0.25, 0.3) is 11.6 Å². The quantitative estimate of drug-likeness (QED) is 0.647. The van der Waals surface area contributed by atoms with Gasteiger partial charge in [-0.1, -0.05) is 0 Å². The summed E-state index contributed by atoms with van der Waals surface area (Å²) in [5.74, 6) is 0.0653. The minimum atomic E-state index is -0.525. The highest BCUT2D eigenvalue weighted by atomic mass is 16.6. The van der Waals surface area contributed by atoms with Crippen molar-refractivity contribution in [2.45, 2.75) is 13.5 Å². The molecule has 110 valence electrons. The molecule has 2 aromatic rings. The molecule has 21 heavy (non-hydrogen) atoms. The van der Waals surface area contributed by atoms with Gasteiger partial charge in [-0.15, -0.1) is 0 Å². The minimum Gasteiger partial charge on any atom is -0.384 e. The number of nitro groups is 1. The lowest BCUT2D eigenvalue weighted by Crippen LogP contribution is -2.23. The van der Waals surface area contributed by atoms with E-state index in [0.29, 0.717) is 16.9 Å². The third kappa shape index (κ3) is 3.16. The topological polar surface area (TPSA) is 116 Å². The predicted molar refractivity (Wildman–Crippen MR) is 76.6 cm³/mol. The van der Waals surface area contributed by atoms with Crippen LogP contribution in [0.15, 0.2) is 24.4 Å². The number of nitrogens with zero attached hydrogens (tertiary/aromatic N) is 3. The number of hydrogen-bond acceptors (Lipinski definition) is 5. The molecule has 0 aliphatic carbocycles. The van der Waals surface area contributed by atoms with E-state index in [1.54, 1.807) is 26.2 Å². The number of anilines is 1. The fourth-order valence-corrected chi connectivity index (χ4v) is 1.91. The zero-order valence-electron chi connectivity index (χ0n) is 11.7. The number of nitro benzene ring substituents is 1. The van der Waals surface area contributed by atoms with Gasteiger partial charge in [-0.3, -0.25) is 19.6 Å². The van der Waals surface area contributed by atoms with Crippen molar-refractivity contribution in [3.05, 3.63) is 51.2 Å². The van der Waals surface area contributed by atoms with E-state index in [1.165, 1.54) is 16.8 Å². The van der Waals surface area contributed by atoms with Crippen LogP contribution in [0.3, 0.4) is 0 Å². The Hall–Kier alpha value is -2.90. The zero-order chi connectivity index (χ0) is 15.6. The molecule has 1 aromatic heterocycles. The van der Waals surface area contributed by atoms with E-state index >= 15 is 0 Å². The number of amides is 1. The van der Waals surface area contributed by atoms with Gasteiger partial charge in [0.15, 0.2) is 0 Å². The highest BCUT2D eigenvalue weighted by Gasteiger charge is 2.14. The Morgan fingerprint density at radius 2 is 2.19 bits per heavy atom. The zero-order valence-corrected chi connectivity index (χ0v) is 11.7. The molecule has 0 spiro atoms. The second-order valence-corrected chi connectivity index (χ2v) is 4.68. The predicted octanol–water partition coefficient (Wildman–Crippen LogP) is 1.15. The molecule has 1 aromatic carbocycles. The summed E-state index contributed by atoms with van der Waals surface area (Å²) >= 11 is 0. The molecule has 0 saturated heterocycles. The highest BCUT2D eigenvalue weighted by molar-refractivity contribution is 5.95. The third-order valence-corrected chi connectivity index (χ3v) is 3.04. The Morgan fingerprint density at radius 3 is 2.76 bits per heavy atom. The number of nitrogen functional groups attached to an aromatic ring is 1. The highest BCUT2D eigenvalue weighted by Crippen LogP contribution is 2.17. The largest absolute Gasteiger partial charge is 0.384 e. The molecule has 0 fully saturated rings. The van der Waals surface area contributed by atoms with Crippen molar-refractivity contribution in [2.75, 3.05) is 5.73 Å². The molecule has 0 unspecified atom stereocenters. The lowest BCUT2D eigenvalue weighted by Gasteiger charge is -2.06. The first-order chi connectivity index (χ1) is 9.88. The number of carbonyl (C=O) groups excluding carboxylic acids is 1. The van der Waals surface area contributed by atoms with Gasteiger partial charge in [0.1, 0.15) is 5.82 Å². The number of nitrogens with one attached hydrogen (secondary N) is 1. The van der Waals surface area contributed by atoms with E-state index in [-0.39, 0.29) is 17.8 Å². The van der Waals surface area contributed by atoms with Gasteiger partial charge >= 0.3 is 0 Å².